The molecular formula is C26H38O7S. The van der Waals surface area contributed by atoms with E-state index in [9.17, 15) is 14.7 Å². The zero-order chi connectivity index (χ0) is 25.9. The van der Waals surface area contributed by atoms with E-state index in [1.807, 2.05) is 19.9 Å². The third-order valence-corrected chi connectivity index (χ3v) is 5.37. The van der Waals surface area contributed by atoms with E-state index in [0.29, 0.717) is 41.8 Å². The molecule has 0 saturated heterocycles. The fourth-order valence-corrected chi connectivity index (χ4v) is 3.54. The molecule has 0 atom stereocenters. The predicted octanol–water partition coefficient (Wildman–Crippen LogP) is 6.39. The summed E-state index contributed by atoms with van der Waals surface area (Å²) in [6.45, 7) is 12.1. The first-order chi connectivity index (χ1) is 16.4. The molecule has 8 heteroatoms. The number of thioether (sulfide) groups is 1. The summed E-state index contributed by atoms with van der Waals surface area (Å²) < 4.78 is 21.4. The summed E-state index contributed by atoms with van der Waals surface area (Å²) in [5.41, 5.74) is -0.0338. The maximum Gasteiger partial charge on any atom is 0.336 e. The lowest BCUT2D eigenvalue weighted by atomic mass is 10.2. The van der Waals surface area contributed by atoms with Crippen LogP contribution in [0.15, 0.2) is 58.1 Å². The van der Waals surface area contributed by atoms with Crippen molar-refractivity contribution in [1.82, 2.24) is 0 Å². The van der Waals surface area contributed by atoms with Crippen molar-refractivity contribution in [3.63, 3.8) is 0 Å². The average Bonchev–Trinajstić information content (AvgIpc) is 2.85. The van der Waals surface area contributed by atoms with E-state index in [4.69, 9.17) is 18.9 Å². The van der Waals surface area contributed by atoms with E-state index in [-0.39, 0.29) is 11.5 Å². The molecule has 0 heterocycles. The van der Waals surface area contributed by atoms with Crippen molar-refractivity contribution < 1.29 is 33.6 Å². The van der Waals surface area contributed by atoms with Crippen LogP contribution in [0.2, 0.25) is 0 Å². The Morgan fingerprint density at radius 3 is 2.38 bits per heavy atom. The van der Waals surface area contributed by atoms with Crippen LogP contribution in [0, 0.1) is 0 Å². The second-order valence-corrected chi connectivity index (χ2v) is 7.68. The maximum atomic E-state index is 11.4. The molecule has 0 spiro atoms. The van der Waals surface area contributed by atoms with Crippen molar-refractivity contribution in [3.05, 3.63) is 53.2 Å². The second kappa shape index (κ2) is 18.5. The van der Waals surface area contributed by atoms with Crippen LogP contribution in [0.25, 0.3) is 0 Å². The summed E-state index contributed by atoms with van der Waals surface area (Å²) >= 11 is 1.24. The second-order valence-electron chi connectivity index (χ2n) is 6.57. The Hall–Kier alpha value is -2.87. The third-order valence-electron chi connectivity index (χ3n) is 4.30. The van der Waals surface area contributed by atoms with E-state index in [2.05, 4.69) is 6.58 Å². The summed E-state index contributed by atoms with van der Waals surface area (Å²) in [5.74, 6) is 0.389. The summed E-state index contributed by atoms with van der Waals surface area (Å²) in [7, 11) is 3.06. The minimum atomic E-state index is -1.11. The Morgan fingerprint density at radius 2 is 1.82 bits per heavy atom. The fourth-order valence-electron chi connectivity index (χ4n) is 2.59. The van der Waals surface area contributed by atoms with E-state index < -0.39 is 5.97 Å². The van der Waals surface area contributed by atoms with Crippen LogP contribution < -0.4 is 9.47 Å². The van der Waals surface area contributed by atoms with Gasteiger partial charge in [-0.1, -0.05) is 32.2 Å². The molecular weight excluding hydrogens is 456 g/mol. The highest BCUT2D eigenvalue weighted by Crippen LogP contribution is 2.37. The number of methoxy groups -OCH3 is 2. The number of aliphatic carboxylic acids is 1. The van der Waals surface area contributed by atoms with Crippen molar-refractivity contribution in [2.75, 3.05) is 27.4 Å². The number of hydrogen-bond acceptors (Lipinski definition) is 7. The molecule has 0 aliphatic rings. The molecule has 1 N–H and O–H groups in total. The number of ether oxygens (including phenoxy) is 4. The zero-order valence-corrected chi connectivity index (χ0v) is 22.0. The maximum absolute atomic E-state index is 11.4. The highest BCUT2D eigenvalue weighted by Gasteiger charge is 2.15. The molecule has 1 rings (SSSR count). The van der Waals surface area contributed by atoms with Gasteiger partial charge in [-0.15, -0.1) is 0 Å². The molecule has 190 valence electrons. The number of benzene rings is 1. The number of carbonyl (C=O) groups is 2. The summed E-state index contributed by atoms with van der Waals surface area (Å²) in [4.78, 5) is 24.0. The smallest absolute Gasteiger partial charge is 0.336 e. The van der Waals surface area contributed by atoms with E-state index in [1.165, 1.54) is 18.9 Å². The lowest BCUT2D eigenvalue weighted by Gasteiger charge is -2.13. The van der Waals surface area contributed by atoms with Crippen LogP contribution in [0.3, 0.4) is 0 Å². The minimum absolute atomic E-state index is 0.0338. The largest absolute Gasteiger partial charge is 0.497 e. The molecule has 0 bridgehead atoms. The number of unbranched alkanes of at least 4 members (excludes halogenated alkanes) is 2. The molecule has 7 nitrogen and oxygen atoms in total. The van der Waals surface area contributed by atoms with Gasteiger partial charge < -0.3 is 24.1 Å². The van der Waals surface area contributed by atoms with Gasteiger partial charge in [0.05, 0.1) is 33.0 Å². The summed E-state index contributed by atoms with van der Waals surface area (Å²) in [5, 5.41) is 9.37. The Morgan fingerprint density at radius 1 is 1.12 bits per heavy atom. The van der Waals surface area contributed by atoms with Gasteiger partial charge in [-0.2, -0.15) is 0 Å². The third kappa shape index (κ3) is 11.8. The number of esters is 1. The van der Waals surface area contributed by atoms with Crippen molar-refractivity contribution in [2.24, 2.45) is 0 Å². The fraction of sp³-hybridized carbons (Fsp3) is 0.462. The van der Waals surface area contributed by atoms with Crippen molar-refractivity contribution >= 4 is 23.7 Å². The Kier molecular flexibility index (Phi) is 17.0. The van der Waals surface area contributed by atoms with Gasteiger partial charge in [-0.05, 0) is 63.5 Å². The quantitative estimate of drug-likeness (QED) is 0.0749. The van der Waals surface area contributed by atoms with Crippen molar-refractivity contribution in [3.8, 4) is 11.5 Å². The van der Waals surface area contributed by atoms with Crippen LogP contribution in [0.1, 0.15) is 53.4 Å². The van der Waals surface area contributed by atoms with Crippen LogP contribution in [0.4, 0.5) is 0 Å². The van der Waals surface area contributed by atoms with Gasteiger partial charge in [0, 0.05) is 16.2 Å². The highest BCUT2D eigenvalue weighted by molar-refractivity contribution is 8.03. The van der Waals surface area contributed by atoms with Gasteiger partial charge in [0.2, 0.25) is 0 Å². The zero-order valence-electron chi connectivity index (χ0n) is 21.1. The number of carbonyl (C=O) groups excluding carboxylic acids is 1. The monoisotopic (exact) mass is 494 g/mol. The minimum Gasteiger partial charge on any atom is -0.497 e. The molecule has 0 radical (unpaired) electrons. The van der Waals surface area contributed by atoms with Gasteiger partial charge >= 0.3 is 11.9 Å². The molecule has 34 heavy (non-hydrogen) atoms. The standard InChI is InChI=1S/C24H32O7S.C2H6/c1-6-18(28-4)15-22(17(3)24(26)27)32-19-12-13-20(21(16-19)29-5)31-14-10-8-9-11-23(25)30-7-2;1-2/h6,12-13,15-16H,3,7-11,14H2,1-2,4-5H3,(H,26,27);1-2H3/b18-6+,22-15+;. The molecule has 0 amide bonds. The van der Waals surface area contributed by atoms with Crippen LogP contribution >= 0.6 is 11.8 Å². The van der Waals surface area contributed by atoms with Crippen LogP contribution in [-0.2, 0) is 19.1 Å². The van der Waals surface area contributed by atoms with E-state index >= 15 is 0 Å². The lowest BCUT2D eigenvalue weighted by molar-refractivity contribution is -0.143. The SMILES string of the molecule is C=C(C(=O)O)/C(=C\C(=C/C)OC)Sc1ccc(OCCCCCC(=O)OCC)c(OC)c1.CC. The van der Waals surface area contributed by atoms with E-state index in [0.717, 1.165) is 24.2 Å². The number of carboxylic acids is 1. The van der Waals surface area contributed by atoms with Gasteiger partial charge in [-0.3, -0.25) is 4.79 Å². The lowest BCUT2D eigenvalue weighted by Crippen LogP contribution is -2.04. The van der Waals surface area contributed by atoms with Crippen LogP contribution in [0.5, 0.6) is 11.5 Å². The molecule has 0 fully saturated rings. The van der Waals surface area contributed by atoms with Crippen LogP contribution in [-0.4, -0.2) is 44.5 Å². The first-order valence-electron chi connectivity index (χ1n) is 11.3. The summed E-state index contributed by atoms with van der Waals surface area (Å²) in [6, 6.07) is 5.40. The molecule has 1 aromatic carbocycles. The highest BCUT2D eigenvalue weighted by atomic mass is 32.2. The Labute approximate surface area is 207 Å². The van der Waals surface area contributed by atoms with Gasteiger partial charge in [0.1, 0.15) is 5.76 Å². The number of allylic oxidation sites excluding steroid dienone is 2. The molecule has 0 aromatic heterocycles. The molecule has 0 unspecified atom stereocenters. The molecule has 1 aromatic rings. The number of hydrogen-bond donors (Lipinski definition) is 1. The number of rotatable bonds is 15. The Balaban J connectivity index is 0.00000529. The van der Waals surface area contributed by atoms with E-state index in [1.54, 1.807) is 45.2 Å². The molecule has 0 saturated carbocycles. The summed E-state index contributed by atoms with van der Waals surface area (Å²) in [6.07, 6.45) is 6.20. The normalized spacial score (nSPS) is 11.1. The predicted molar refractivity (Wildman–Crippen MR) is 136 cm³/mol. The first-order valence-corrected chi connectivity index (χ1v) is 12.2. The topological polar surface area (TPSA) is 91.3 Å². The average molecular weight is 495 g/mol. The van der Waals surface area contributed by atoms with Gasteiger partial charge in [0.25, 0.3) is 0 Å². The van der Waals surface area contributed by atoms with Crippen molar-refractivity contribution in [1.29, 1.82) is 0 Å². The van der Waals surface area contributed by atoms with Crippen molar-refractivity contribution in [2.45, 2.75) is 58.3 Å². The van der Waals surface area contributed by atoms with Gasteiger partial charge in [-0.25, -0.2) is 4.79 Å². The Bertz CT molecular complexity index is 844. The first kappa shape index (κ1) is 31.1. The number of carboxylic acid groups (broad SMARTS) is 1. The molecule has 0 aliphatic heterocycles. The molecule has 0 aliphatic carbocycles. The van der Waals surface area contributed by atoms with Gasteiger partial charge in [0.15, 0.2) is 11.5 Å².